The van der Waals surface area contributed by atoms with Gasteiger partial charge in [-0.15, -0.1) is 12.4 Å². The van der Waals surface area contributed by atoms with Crippen molar-refractivity contribution in [2.75, 3.05) is 13.7 Å². The molecule has 0 aromatic carbocycles. The molecule has 5 heteroatoms. The van der Waals surface area contributed by atoms with Gasteiger partial charge in [-0.2, -0.15) is 0 Å². The van der Waals surface area contributed by atoms with Gasteiger partial charge in [-0.3, -0.25) is 4.90 Å². The zero-order chi connectivity index (χ0) is 11.1. The second kappa shape index (κ2) is 5.01. The van der Waals surface area contributed by atoms with Crippen LogP contribution in [0.2, 0.25) is 5.15 Å². The average molecular weight is 275 g/mol. The smallest absolute Gasteiger partial charge is 0.137 e. The molecule has 1 aromatic heterocycles. The Bertz CT molecular complexity index is 385. The van der Waals surface area contributed by atoms with Gasteiger partial charge in [0.15, 0.2) is 0 Å². The van der Waals surface area contributed by atoms with E-state index in [1.165, 1.54) is 12.8 Å². The van der Waals surface area contributed by atoms with Crippen LogP contribution in [-0.2, 0) is 0 Å². The standard InChI is InChI=1S/C12H15ClN2O.ClH/c1-15-9(4-8-5-11(8)15)7-16-10-2-3-12(13)14-6-10;/h2-3,6,8-9,11H,4-5,7H2,1H3;1H/t8-,9-,11+;/m0./s1. The summed E-state index contributed by atoms with van der Waals surface area (Å²) in [5.74, 6) is 1.74. The van der Waals surface area contributed by atoms with Gasteiger partial charge in [0.05, 0.1) is 6.20 Å². The van der Waals surface area contributed by atoms with Crippen molar-refractivity contribution < 1.29 is 4.74 Å². The molecule has 3 atom stereocenters. The van der Waals surface area contributed by atoms with Gasteiger partial charge in [0, 0.05) is 12.1 Å². The lowest BCUT2D eigenvalue weighted by Gasteiger charge is -2.22. The third-order valence-electron chi connectivity index (χ3n) is 3.70. The number of likely N-dealkylation sites (tertiary alicyclic amines) is 1. The fourth-order valence-electron chi connectivity index (χ4n) is 2.60. The van der Waals surface area contributed by atoms with E-state index in [1.807, 2.05) is 6.07 Å². The van der Waals surface area contributed by atoms with Crippen molar-refractivity contribution in [3.8, 4) is 5.75 Å². The molecular weight excluding hydrogens is 259 g/mol. The van der Waals surface area contributed by atoms with Gasteiger partial charge in [-0.05, 0) is 37.9 Å². The fraction of sp³-hybridized carbons (Fsp3) is 0.583. The Hall–Kier alpha value is -0.510. The lowest BCUT2D eigenvalue weighted by atomic mass is 10.2. The SMILES string of the molecule is CN1[C@H](COc2ccc(Cl)nc2)C[C@H]2C[C@H]21.Cl. The van der Waals surface area contributed by atoms with E-state index >= 15 is 0 Å². The first-order valence-electron chi connectivity index (χ1n) is 5.70. The number of piperidine rings is 1. The summed E-state index contributed by atoms with van der Waals surface area (Å²) in [6.07, 6.45) is 4.34. The van der Waals surface area contributed by atoms with Crippen LogP contribution in [-0.4, -0.2) is 35.6 Å². The molecule has 1 aliphatic heterocycles. The summed E-state index contributed by atoms with van der Waals surface area (Å²) in [6, 6.07) is 5.02. The number of likely N-dealkylation sites (N-methyl/N-ethyl adjacent to an activating group) is 1. The Morgan fingerprint density at radius 1 is 1.47 bits per heavy atom. The van der Waals surface area contributed by atoms with Crippen LogP contribution >= 0.6 is 24.0 Å². The van der Waals surface area contributed by atoms with E-state index in [1.54, 1.807) is 12.3 Å². The predicted molar refractivity (Wildman–Crippen MR) is 70.1 cm³/mol. The third kappa shape index (κ3) is 2.67. The molecule has 1 saturated heterocycles. The van der Waals surface area contributed by atoms with Crippen molar-refractivity contribution in [3.63, 3.8) is 0 Å². The van der Waals surface area contributed by atoms with Crippen molar-refractivity contribution in [3.05, 3.63) is 23.5 Å². The maximum Gasteiger partial charge on any atom is 0.137 e. The molecule has 2 aliphatic rings. The van der Waals surface area contributed by atoms with Gasteiger partial charge >= 0.3 is 0 Å². The van der Waals surface area contributed by atoms with E-state index in [0.29, 0.717) is 11.2 Å². The van der Waals surface area contributed by atoms with Crippen LogP contribution in [0.15, 0.2) is 18.3 Å². The first-order valence-corrected chi connectivity index (χ1v) is 6.08. The molecule has 0 unspecified atom stereocenters. The van der Waals surface area contributed by atoms with Gasteiger partial charge in [-0.1, -0.05) is 11.6 Å². The summed E-state index contributed by atoms with van der Waals surface area (Å²) in [5.41, 5.74) is 0. The molecule has 0 radical (unpaired) electrons. The van der Waals surface area contributed by atoms with E-state index in [-0.39, 0.29) is 12.4 Å². The maximum atomic E-state index is 5.72. The number of ether oxygens (including phenoxy) is 1. The molecule has 94 valence electrons. The van der Waals surface area contributed by atoms with Gasteiger partial charge in [0.2, 0.25) is 0 Å². The van der Waals surface area contributed by atoms with E-state index in [0.717, 1.165) is 24.3 Å². The van der Waals surface area contributed by atoms with Crippen molar-refractivity contribution in [1.82, 2.24) is 9.88 Å². The molecule has 3 nitrogen and oxygen atoms in total. The first-order chi connectivity index (χ1) is 7.74. The Kier molecular flexibility index (Phi) is 3.81. The van der Waals surface area contributed by atoms with Crippen LogP contribution in [0.3, 0.4) is 0 Å². The summed E-state index contributed by atoms with van der Waals surface area (Å²) in [5, 5.41) is 0.506. The van der Waals surface area contributed by atoms with E-state index < -0.39 is 0 Å². The average Bonchev–Trinajstić information content (AvgIpc) is 2.99. The molecule has 2 heterocycles. The predicted octanol–water partition coefficient (Wildman–Crippen LogP) is 2.63. The molecule has 0 N–H and O–H groups in total. The van der Waals surface area contributed by atoms with Crippen LogP contribution in [0.5, 0.6) is 5.75 Å². The lowest BCUT2D eigenvalue weighted by molar-refractivity contribution is 0.176. The zero-order valence-electron chi connectivity index (χ0n) is 9.67. The van der Waals surface area contributed by atoms with Crippen LogP contribution < -0.4 is 4.74 Å². The molecule has 1 saturated carbocycles. The lowest BCUT2D eigenvalue weighted by Crippen LogP contribution is -2.33. The minimum atomic E-state index is 0. The minimum absolute atomic E-state index is 0. The molecule has 0 spiro atoms. The number of pyridine rings is 1. The van der Waals surface area contributed by atoms with E-state index in [2.05, 4.69) is 16.9 Å². The molecule has 17 heavy (non-hydrogen) atoms. The summed E-state index contributed by atoms with van der Waals surface area (Å²) >= 11 is 5.71. The van der Waals surface area contributed by atoms with Crippen molar-refractivity contribution in [1.29, 1.82) is 0 Å². The topological polar surface area (TPSA) is 25.4 Å². The molecule has 3 rings (SSSR count). The normalized spacial score (nSPS) is 30.6. The van der Waals surface area contributed by atoms with Crippen LogP contribution in [0.25, 0.3) is 0 Å². The molecule has 0 amide bonds. The van der Waals surface area contributed by atoms with Gasteiger partial charge in [0.1, 0.15) is 17.5 Å². The van der Waals surface area contributed by atoms with Crippen LogP contribution in [0.4, 0.5) is 0 Å². The summed E-state index contributed by atoms with van der Waals surface area (Å²) in [7, 11) is 2.20. The van der Waals surface area contributed by atoms with Crippen LogP contribution in [0.1, 0.15) is 12.8 Å². The molecule has 2 fully saturated rings. The Labute approximate surface area is 113 Å². The highest BCUT2D eigenvalue weighted by atomic mass is 35.5. The molecule has 1 aliphatic carbocycles. The zero-order valence-corrected chi connectivity index (χ0v) is 11.2. The second-order valence-corrected chi connectivity index (χ2v) is 5.13. The molecule has 0 bridgehead atoms. The summed E-state index contributed by atoms with van der Waals surface area (Å²) < 4.78 is 5.72. The number of fused-ring (bicyclic) bond motifs is 1. The Morgan fingerprint density at radius 2 is 2.29 bits per heavy atom. The number of nitrogens with zero attached hydrogens (tertiary/aromatic N) is 2. The number of hydrogen-bond donors (Lipinski definition) is 0. The number of rotatable bonds is 3. The van der Waals surface area contributed by atoms with Crippen molar-refractivity contribution in [2.45, 2.75) is 24.9 Å². The van der Waals surface area contributed by atoms with Gasteiger partial charge < -0.3 is 4.74 Å². The van der Waals surface area contributed by atoms with Crippen molar-refractivity contribution >= 4 is 24.0 Å². The first kappa shape index (κ1) is 12.9. The van der Waals surface area contributed by atoms with E-state index in [9.17, 15) is 0 Å². The monoisotopic (exact) mass is 274 g/mol. The number of halogens is 2. The fourth-order valence-corrected chi connectivity index (χ4v) is 2.71. The summed E-state index contributed by atoms with van der Waals surface area (Å²) in [4.78, 5) is 6.45. The Balaban J connectivity index is 0.00000108. The highest BCUT2D eigenvalue weighted by Crippen LogP contribution is 2.46. The molecular formula is C12H16Cl2N2O. The molecule has 1 aromatic rings. The number of hydrogen-bond acceptors (Lipinski definition) is 3. The summed E-state index contributed by atoms with van der Waals surface area (Å²) in [6.45, 7) is 0.757. The third-order valence-corrected chi connectivity index (χ3v) is 3.93. The minimum Gasteiger partial charge on any atom is -0.490 e. The number of aromatic nitrogens is 1. The quantitative estimate of drug-likeness (QED) is 0.793. The van der Waals surface area contributed by atoms with Crippen LogP contribution in [0, 0.1) is 5.92 Å². The highest BCUT2D eigenvalue weighted by molar-refractivity contribution is 6.29. The van der Waals surface area contributed by atoms with Gasteiger partial charge in [0.25, 0.3) is 0 Å². The largest absolute Gasteiger partial charge is 0.490 e. The highest BCUT2D eigenvalue weighted by Gasteiger charge is 2.50. The second-order valence-electron chi connectivity index (χ2n) is 4.75. The van der Waals surface area contributed by atoms with E-state index in [4.69, 9.17) is 16.3 Å². The maximum absolute atomic E-state index is 5.72. The van der Waals surface area contributed by atoms with Crippen molar-refractivity contribution in [2.24, 2.45) is 5.92 Å². The van der Waals surface area contributed by atoms with Gasteiger partial charge in [-0.25, -0.2) is 4.98 Å². The Morgan fingerprint density at radius 3 is 2.88 bits per heavy atom.